The van der Waals surface area contributed by atoms with Gasteiger partial charge < -0.3 is 9.84 Å². The van der Waals surface area contributed by atoms with E-state index in [1.165, 1.54) is 0 Å². The van der Waals surface area contributed by atoms with Crippen molar-refractivity contribution < 1.29 is 19.4 Å². The molecule has 1 N–H and O–H groups in total. The van der Waals surface area contributed by atoms with Crippen LogP contribution in [0.4, 0.5) is 0 Å². The Kier molecular flexibility index (Phi) is 3.03. The normalized spacial score (nSPS) is 32.0. The zero-order chi connectivity index (χ0) is 14.6. The molecule has 0 amide bonds. The summed E-state index contributed by atoms with van der Waals surface area (Å²) in [6, 6.07) is 0. The number of esters is 1. The maximum Gasteiger partial charge on any atom is 0.335 e. The average Bonchev–Trinajstić information content (AvgIpc) is 2.57. The number of rotatable bonds is 3. The maximum absolute atomic E-state index is 12.3. The van der Waals surface area contributed by atoms with E-state index in [1.54, 1.807) is 13.8 Å². The monoisotopic (exact) mass is 266 g/mol. The molecule has 19 heavy (non-hydrogen) atoms. The van der Waals surface area contributed by atoms with E-state index in [4.69, 9.17) is 4.74 Å². The fourth-order valence-electron chi connectivity index (χ4n) is 3.79. The Hall–Kier alpha value is -1.32. The van der Waals surface area contributed by atoms with Gasteiger partial charge in [0.05, 0.1) is 17.3 Å². The minimum absolute atomic E-state index is 0.0512. The van der Waals surface area contributed by atoms with Gasteiger partial charge in [-0.2, -0.15) is 0 Å². The number of carboxylic acids is 1. The summed E-state index contributed by atoms with van der Waals surface area (Å²) in [5.74, 6) is -1.48. The van der Waals surface area contributed by atoms with E-state index in [0.29, 0.717) is 5.57 Å². The van der Waals surface area contributed by atoms with Crippen LogP contribution in [-0.4, -0.2) is 23.1 Å². The quantitative estimate of drug-likeness (QED) is 0.798. The Labute approximate surface area is 113 Å². The highest BCUT2D eigenvalue weighted by Gasteiger charge is 2.64. The Morgan fingerprint density at radius 3 is 2.37 bits per heavy atom. The summed E-state index contributed by atoms with van der Waals surface area (Å²) >= 11 is 0. The summed E-state index contributed by atoms with van der Waals surface area (Å²) < 4.78 is 5.27. The fourth-order valence-corrected chi connectivity index (χ4v) is 3.79. The summed E-state index contributed by atoms with van der Waals surface area (Å²) in [6.07, 6.45) is 1.45. The lowest BCUT2D eigenvalue weighted by Crippen LogP contribution is -2.33. The lowest BCUT2D eigenvalue weighted by Gasteiger charge is -2.36. The lowest BCUT2D eigenvalue weighted by molar-refractivity contribution is -0.145. The molecule has 0 aliphatic heterocycles. The van der Waals surface area contributed by atoms with Gasteiger partial charge in [-0.1, -0.05) is 20.8 Å². The number of carbonyl (C=O) groups excluding carboxylic acids is 1. The molecule has 0 saturated heterocycles. The number of hydrogen-bond acceptors (Lipinski definition) is 3. The first-order chi connectivity index (χ1) is 8.63. The second-order valence-corrected chi connectivity index (χ2v) is 6.69. The van der Waals surface area contributed by atoms with Gasteiger partial charge in [-0.05, 0) is 38.0 Å². The minimum atomic E-state index is -0.975. The third-order valence-electron chi connectivity index (χ3n) is 5.17. The number of aliphatic carboxylic acids is 1. The summed E-state index contributed by atoms with van der Waals surface area (Å²) in [5.41, 5.74) is 0.0861. The highest BCUT2D eigenvalue weighted by Crippen LogP contribution is 2.67. The third kappa shape index (κ3) is 1.72. The SMILES string of the molecule is CC(C)OC(=O)C1=C(C(=O)O)C2CCC1(C)C2(C)C. The topological polar surface area (TPSA) is 63.6 Å². The van der Waals surface area contributed by atoms with Crippen molar-refractivity contribution in [3.63, 3.8) is 0 Å². The van der Waals surface area contributed by atoms with Crippen molar-refractivity contribution in [3.8, 4) is 0 Å². The Morgan fingerprint density at radius 1 is 1.32 bits per heavy atom. The summed E-state index contributed by atoms with van der Waals surface area (Å²) in [7, 11) is 0. The van der Waals surface area contributed by atoms with Crippen LogP contribution in [0.5, 0.6) is 0 Å². The minimum Gasteiger partial charge on any atom is -0.478 e. The van der Waals surface area contributed by atoms with Crippen LogP contribution in [0.2, 0.25) is 0 Å². The van der Waals surface area contributed by atoms with E-state index >= 15 is 0 Å². The molecule has 2 aliphatic rings. The van der Waals surface area contributed by atoms with Gasteiger partial charge in [0.15, 0.2) is 0 Å². The molecule has 2 aliphatic carbocycles. The molecule has 0 radical (unpaired) electrons. The van der Waals surface area contributed by atoms with E-state index in [9.17, 15) is 14.7 Å². The molecule has 0 aromatic rings. The van der Waals surface area contributed by atoms with E-state index < -0.39 is 17.4 Å². The van der Waals surface area contributed by atoms with Gasteiger partial charge in [0.25, 0.3) is 0 Å². The second kappa shape index (κ2) is 4.09. The van der Waals surface area contributed by atoms with Gasteiger partial charge in [-0.3, -0.25) is 0 Å². The van der Waals surface area contributed by atoms with Crippen molar-refractivity contribution in [2.75, 3.05) is 0 Å². The van der Waals surface area contributed by atoms with Crippen LogP contribution in [0.1, 0.15) is 47.5 Å². The molecule has 2 rings (SSSR count). The number of carboxylic acid groups (broad SMARTS) is 1. The van der Waals surface area contributed by atoms with Crippen molar-refractivity contribution >= 4 is 11.9 Å². The lowest BCUT2D eigenvalue weighted by atomic mass is 9.67. The highest BCUT2D eigenvalue weighted by atomic mass is 16.5. The molecular weight excluding hydrogens is 244 g/mol. The van der Waals surface area contributed by atoms with E-state index in [2.05, 4.69) is 13.8 Å². The Bertz CT molecular complexity index is 473. The molecule has 1 fully saturated rings. The van der Waals surface area contributed by atoms with Crippen LogP contribution < -0.4 is 0 Å². The number of carbonyl (C=O) groups is 2. The van der Waals surface area contributed by atoms with Crippen LogP contribution in [0.15, 0.2) is 11.1 Å². The van der Waals surface area contributed by atoms with Crippen molar-refractivity contribution in [1.82, 2.24) is 0 Å². The Morgan fingerprint density at radius 2 is 1.89 bits per heavy atom. The summed E-state index contributed by atoms with van der Waals surface area (Å²) in [5, 5.41) is 9.47. The van der Waals surface area contributed by atoms with Gasteiger partial charge in [0.1, 0.15) is 0 Å². The molecule has 0 heterocycles. The first-order valence-corrected chi connectivity index (χ1v) is 6.82. The summed E-state index contributed by atoms with van der Waals surface area (Å²) in [6.45, 7) is 9.67. The number of ether oxygens (including phenoxy) is 1. The smallest absolute Gasteiger partial charge is 0.335 e. The van der Waals surface area contributed by atoms with Crippen molar-refractivity contribution in [1.29, 1.82) is 0 Å². The molecule has 2 bridgehead atoms. The fraction of sp³-hybridized carbons (Fsp3) is 0.733. The predicted molar refractivity (Wildman–Crippen MR) is 70.5 cm³/mol. The van der Waals surface area contributed by atoms with Crippen LogP contribution in [0, 0.1) is 16.7 Å². The molecule has 0 spiro atoms. The molecule has 2 atom stereocenters. The predicted octanol–water partition coefficient (Wildman–Crippen LogP) is 2.78. The second-order valence-electron chi connectivity index (χ2n) is 6.69. The maximum atomic E-state index is 12.3. The Balaban J connectivity index is 2.53. The van der Waals surface area contributed by atoms with E-state index in [1.807, 2.05) is 6.92 Å². The van der Waals surface area contributed by atoms with Crippen LogP contribution >= 0.6 is 0 Å². The van der Waals surface area contributed by atoms with Gasteiger partial charge in [-0.15, -0.1) is 0 Å². The number of fused-ring (bicyclic) bond motifs is 2. The first kappa shape index (κ1) is 14.1. The third-order valence-corrected chi connectivity index (χ3v) is 5.17. The van der Waals surface area contributed by atoms with Crippen LogP contribution in [-0.2, 0) is 14.3 Å². The van der Waals surface area contributed by atoms with Gasteiger partial charge in [-0.25, -0.2) is 9.59 Å². The van der Waals surface area contributed by atoms with E-state index in [0.717, 1.165) is 12.8 Å². The van der Waals surface area contributed by atoms with Crippen molar-refractivity contribution in [3.05, 3.63) is 11.1 Å². The molecule has 2 unspecified atom stereocenters. The largest absolute Gasteiger partial charge is 0.478 e. The van der Waals surface area contributed by atoms with Crippen molar-refractivity contribution in [2.45, 2.75) is 53.6 Å². The van der Waals surface area contributed by atoms with Gasteiger partial charge >= 0.3 is 11.9 Å². The van der Waals surface area contributed by atoms with Gasteiger partial charge in [0.2, 0.25) is 0 Å². The zero-order valence-electron chi connectivity index (χ0n) is 12.2. The first-order valence-electron chi connectivity index (χ1n) is 6.82. The van der Waals surface area contributed by atoms with Crippen LogP contribution in [0.25, 0.3) is 0 Å². The zero-order valence-corrected chi connectivity index (χ0v) is 12.2. The average molecular weight is 266 g/mol. The molecule has 1 saturated carbocycles. The molecule has 0 aromatic heterocycles. The molecule has 4 heteroatoms. The number of hydrogen-bond donors (Lipinski definition) is 1. The molecule has 106 valence electrons. The highest BCUT2D eigenvalue weighted by molar-refractivity contribution is 6.03. The standard InChI is InChI=1S/C15H22O4/c1-8(2)19-13(18)11-10(12(16)17)9-6-7-15(11,5)14(9,3)4/h8-9H,6-7H2,1-5H3,(H,16,17). The molecule has 4 nitrogen and oxygen atoms in total. The van der Waals surface area contributed by atoms with Crippen LogP contribution in [0.3, 0.4) is 0 Å². The molecule has 0 aromatic carbocycles. The van der Waals surface area contributed by atoms with Gasteiger partial charge in [0, 0.05) is 5.41 Å². The molecular formula is C15H22O4. The van der Waals surface area contributed by atoms with Crippen molar-refractivity contribution in [2.24, 2.45) is 16.7 Å². The summed E-state index contributed by atoms with van der Waals surface area (Å²) in [4.78, 5) is 23.9. The van der Waals surface area contributed by atoms with E-state index in [-0.39, 0.29) is 23.0 Å².